The van der Waals surface area contributed by atoms with Crippen molar-refractivity contribution in [3.63, 3.8) is 0 Å². The molecule has 0 spiro atoms. The van der Waals surface area contributed by atoms with Crippen molar-refractivity contribution in [3.05, 3.63) is 0 Å². The van der Waals surface area contributed by atoms with E-state index in [1.807, 2.05) is 13.8 Å². The number of hydrogen-bond acceptors (Lipinski definition) is 0. The zero-order chi connectivity index (χ0) is 15.6. The summed E-state index contributed by atoms with van der Waals surface area (Å²) in [6, 6.07) is 0. The summed E-state index contributed by atoms with van der Waals surface area (Å²) < 4.78 is 0. The van der Waals surface area contributed by atoms with Crippen molar-refractivity contribution in [2.75, 3.05) is 0 Å². The van der Waals surface area contributed by atoms with Gasteiger partial charge in [-0.05, 0) is 36.0 Å². The summed E-state index contributed by atoms with van der Waals surface area (Å²) >= 11 is 0. The number of rotatable bonds is 6. The van der Waals surface area contributed by atoms with E-state index in [0.717, 1.165) is 17.8 Å². The molecule has 0 aliphatic heterocycles. The molecule has 122 valence electrons. The van der Waals surface area contributed by atoms with E-state index in [2.05, 4.69) is 34.6 Å². The van der Waals surface area contributed by atoms with Crippen molar-refractivity contribution in [1.82, 2.24) is 0 Å². The normalized spacial score (nSPS) is 24.8. The Hall–Kier alpha value is 0. The van der Waals surface area contributed by atoms with Crippen molar-refractivity contribution in [3.8, 4) is 0 Å². The SMILES string of the molecule is CC.CCC(C)CCC1CCC(CCC(C)(C)C)CC1. The van der Waals surface area contributed by atoms with E-state index in [0.29, 0.717) is 5.41 Å². The molecule has 1 unspecified atom stereocenters. The molecule has 0 nitrogen and oxygen atoms in total. The van der Waals surface area contributed by atoms with Crippen LogP contribution in [0, 0.1) is 23.2 Å². The molecule has 1 aliphatic carbocycles. The fourth-order valence-electron chi connectivity index (χ4n) is 3.17. The van der Waals surface area contributed by atoms with Gasteiger partial charge in [0, 0.05) is 0 Å². The molecule has 0 amide bonds. The lowest BCUT2D eigenvalue weighted by molar-refractivity contribution is 0.219. The van der Waals surface area contributed by atoms with Gasteiger partial charge < -0.3 is 0 Å². The van der Waals surface area contributed by atoms with Crippen LogP contribution >= 0.6 is 0 Å². The Morgan fingerprint density at radius 2 is 1.35 bits per heavy atom. The van der Waals surface area contributed by atoms with Gasteiger partial charge in [0.1, 0.15) is 0 Å². The smallest absolute Gasteiger partial charge is 0.0383 e. The molecule has 0 saturated heterocycles. The van der Waals surface area contributed by atoms with Crippen LogP contribution in [0.2, 0.25) is 0 Å². The van der Waals surface area contributed by atoms with Gasteiger partial charge in [-0.1, -0.05) is 93.4 Å². The largest absolute Gasteiger partial charge is 0.0683 e. The highest BCUT2D eigenvalue weighted by Crippen LogP contribution is 2.36. The van der Waals surface area contributed by atoms with E-state index in [-0.39, 0.29) is 0 Å². The molecule has 20 heavy (non-hydrogen) atoms. The molecule has 1 aliphatic rings. The fourth-order valence-corrected chi connectivity index (χ4v) is 3.17. The monoisotopic (exact) mass is 282 g/mol. The Kier molecular flexibility index (Phi) is 10.7. The van der Waals surface area contributed by atoms with Crippen LogP contribution in [0.25, 0.3) is 0 Å². The zero-order valence-electron chi connectivity index (χ0n) is 15.6. The van der Waals surface area contributed by atoms with Gasteiger partial charge in [-0.3, -0.25) is 0 Å². The topological polar surface area (TPSA) is 0 Å². The molecule has 0 heterocycles. The van der Waals surface area contributed by atoms with Gasteiger partial charge in [0.25, 0.3) is 0 Å². The van der Waals surface area contributed by atoms with Gasteiger partial charge in [0.15, 0.2) is 0 Å². The summed E-state index contributed by atoms with van der Waals surface area (Å²) in [5.74, 6) is 3.05. The molecule has 1 rings (SSSR count). The zero-order valence-corrected chi connectivity index (χ0v) is 15.6. The van der Waals surface area contributed by atoms with Gasteiger partial charge in [-0.15, -0.1) is 0 Å². The predicted molar refractivity (Wildman–Crippen MR) is 94.2 cm³/mol. The van der Waals surface area contributed by atoms with E-state index in [4.69, 9.17) is 0 Å². The maximum absolute atomic E-state index is 2.41. The maximum atomic E-state index is 2.41. The lowest BCUT2D eigenvalue weighted by Crippen LogP contribution is -2.17. The van der Waals surface area contributed by atoms with Crippen molar-refractivity contribution in [2.24, 2.45) is 23.2 Å². The second kappa shape index (κ2) is 10.7. The van der Waals surface area contributed by atoms with Crippen LogP contribution in [0.4, 0.5) is 0 Å². The highest BCUT2D eigenvalue weighted by molar-refractivity contribution is 4.75. The fraction of sp³-hybridized carbons (Fsp3) is 1.00. The van der Waals surface area contributed by atoms with Gasteiger partial charge in [0.2, 0.25) is 0 Å². The van der Waals surface area contributed by atoms with Crippen LogP contribution < -0.4 is 0 Å². The molecule has 1 saturated carbocycles. The van der Waals surface area contributed by atoms with Gasteiger partial charge in [-0.25, -0.2) is 0 Å². The second-order valence-corrected chi connectivity index (χ2v) is 8.08. The van der Waals surface area contributed by atoms with Gasteiger partial charge >= 0.3 is 0 Å². The summed E-state index contributed by atoms with van der Waals surface area (Å²) in [6.45, 7) is 15.9. The lowest BCUT2D eigenvalue weighted by atomic mass is 9.75. The Balaban J connectivity index is 0.00000172. The van der Waals surface area contributed by atoms with Crippen molar-refractivity contribution < 1.29 is 0 Å². The first kappa shape index (κ1) is 20.0. The summed E-state index contributed by atoms with van der Waals surface area (Å²) in [4.78, 5) is 0. The summed E-state index contributed by atoms with van der Waals surface area (Å²) in [7, 11) is 0. The van der Waals surface area contributed by atoms with E-state index >= 15 is 0 Å². The Labute approximate surface area is 130 Å². The minimum atomic E-state index is 0.535. The molecule has 0 radical (unpaired) electrons. The van der Waals surface area contributed by atoms with Gasteiger partial charge in [-0.2, -0.15) is 0 Å². The Morgan fingerprint density at radius 1 is 0.900 bits per heavy atom. The minimum Gasteiger partial charge on any atom is -0.0683 e. The summed E-state index contributed by atoms with van der Waals surface area (Å²) in [5, 5.41) is 0. The van der Waals surface area contributed by atoms with E-state index in [9.17, 15) is 0 Å². The molecule has 0 N–H and O–H groups in total. The third-order valence-electron chi connectivity index (χ3n) is 5.03. The highest BCUT2D eigenvalue weighted by Gasteiger charge is 2.22. The van der Waals surface area contributed by atoms with Crippen LogP contribution in [0.3, 0.4) is 0 Å². The van der Waals surface area contributed by atoms with Crippen LogP contribution in [0.5, 0.6) is 0 Å². The molecule has 0 aromatic heterocycles. The average molecular weight is 283 g/mol. The first-order chi connectivity index (χ1) is 9.40. The molecule has 1 atom stereocenters. The molecule has 1 fully saturated rings. The van der Waals surface area contributed by atoms with Crippen LogP contribution in [-0.4, -0.2) is 0 Å². The lowest BCUT2D eigenvalue weighted by Gasteiger charge is -2.31. The molecule has 0 heteroatoms. The van der Waals surface area contributed by atoms with E-state index < -0.39 is 0 Å². The predicted octanol–water partition coefficient (Wildman–Crippen LogP) is 7.47. The Bertz CT molecular complexity index is 203. The number of hydrogen-bond donors (Lipinski definition) is 0. The third-order valence-corrected chi connectivity index (χ3v) is 5.03. The van der Waals surface area contributed by atoms with E-state index in [1.165, 1.54) is 57.8 Å². The minimum absolute atomic E-state index is 0.535. The summed E-state index contributed by atoms with van der Waals surface area (Å²) in [5.41, 5.74) is 0.535. The van der Waals surface area contributed by atoms with E-state index in [1.54, 1.807) is 0 Å². The van der Waals surface area contributed by atoms with Gasteiger partial charge in [0.05, 0.1) is 0 Å². The van der Waals surface area contributed by atoms with Crippen LogP contribution in [0.15, 0.2) is 0 Å². The van der Waals surface area contributed by atoms with Crippen molar-refractivity contribution in [1.29, 1.82) is 0 Å². The van der Waals surface area contributed by atoms with Crippen molar-refractivity contribution >= 4 is 0 Å². The highest BCUT2D eigenvalue weighted by atomic mass is 14.3. The van der Waals surface area contributed by atoms with Crippen LogP contribution in [-0.2, 0) is 0 Å². The third kappa shape index (κ3) is 9.83. The average Bonchev–Trinajstić information content (AvgIpc) is 2.45. The quantitative estimate of drug-likeness (QED) is 0.474. The Morgan fingerprint density at radius 3 is 1.75 bits per heavy atom. The molecule has 0 aromatic carbocycles. The summed E-state index contributed by atoms with van der Waals surface area (Å²) in [6.07, 6.45) is 13.3. The molecular formula is C20H42. The molecule has 0 bridgehead atoms. The van der Waals surface area contributed by atoms with Crippen molar-refractivity contribution in [2.45, 2.75) is 106 Å². The molecular weight excluding hydrogens is 240 g/mol. The second-order valence-electron chi connectivity index (χ2n) is 8.08. The standard InChI is InChI=1S/C18H36.C2H6/c1-6-15(2)7-8-16-9-11-17(12-10-16)13-14-18(3,4)5;1-2/h15-17H,6-14H2,1-5H3;1-2H3. The first-order valence-corrected chi connectivity index (χ1v) is 9.40. The first-order valence-electron chi connectivity index (χ1n) is 9.40. The van der Waals surface area contributed by atoms with Crippen LogP contribution in [0.1, 0.15) is 106 Å². The maximum Gasteiger partial charge on any atom is -0.0383 e. The molecule has 0 aromatic rings.